The second-order valence-electron chi connectivity index (χ2n) is 5.16. The van der Waals surface area contributed by atoms with Gasteiger partial charge in [-0.15, -0.1) is 10.2 Å². The SMILES string of the molecule is COc1cccc(-c2nnc(Cc3nc(-c4ccncc4)no3)o2)c1. The van der Waals surface area contributed by atoms with Crippen LogP contribution in [0.4, 0.5) is 0 Å². The largest absolute Gasteiger partial charge is 0.497 e. The molecule has 0 fully saturated rings. The second-order valence-corrected chi connectivity index (χ2v) is 5.16. The number of nitrogens with zero attached hydrogens (tertiary/aromatic N) is 5. The summed E-state index contributed by atoms with van der Waals surface area (Å²) in [4.78, 5) is 8.29. The molecule has 0 saturated heterocycles. The molecule has 0 aliphatic carbocycles. The zero-order valence-corrected chi connectivity index (χ0v) is 13.3. The number of pyridine rings is 1. The molecule has 25 heavy (non-hydrogen) atoms. The van der Waals surface area contributed by atoms with E-state index in [0.29, 0.717) is 23.5 Å². The first-order valence-electron chi connectivity index (χ1n) is 7.51. The molecule has 0 spiro atoms. The molecule has 4 rings (SSSR count). The molecule has 0 N–H and O–H groups in total. The van der Waals surface area contributed by atoms with Crippen LogP contribution >= 0.6 is 0 Å². The van der Waals surface area contributed by atoms with Gasteiger partial charge in [-0.25, -0.2) is 0 Å². The third kappa shape index (κ3) is 3.23. The smallest absolute Gasteiger partial charge is 0.247 e. The molecule has 0 aliphatic rings. The summed E-state index contributed by atoms with van der Waals surface area (Å²) in [5.74, 6) is 2.40. The average molecular weight is 335 g/mol. The van der Waals surface area contributed by atoms with E-state index >= 15 is 0 Å². The van der Waals surface area contributed by atoms with Crippen molar-refractivity contribution in [1.29, 1.82) is 0 Å². The number of aromatic nitrogens is 5. The fourth-order valence-corrected chi connectivity index (χ4v) is 2.27. The van der Waals surface area contributed by atoms with Crippen LogP contribution < -0.4 is 4.74 Å². The Hall–Kier alpha value is -3.55. The molecule has 0 atom stereocenters. The molecule has 0 unspecified atom stereocenters. The van der Waals surface area contributed by atoms with Crippen molar-refractivity contribution in [1.82, 2.24) is 25.3 Å². The summed E-state index contributed by atoms with van der Waals surface area (Å²) in [6.45, 7) is 0. The normalized spacial score (nSPS) is 10.8. The first-order valence-corrected chi connectivity index (χ1v) is 7.51. The van der Waals surface area contributed by atoms with E-state index in [1.165, 1.54) is 0 Å². The summed E-state index contributed by atoms with van der Waals surface area (Å²) in [6.07, 6.45) is 3.60. The molecular formula is C17H13N5O3. The van der Waals surface area contributed by atoms with Gasteiger partial charge in [0, 0.05) is 23.5 Å². The zero-order valence-electron chi connectivity index (χ0n) is 13.3. The average Bonchev–Trinajstić information content (AvgIpc) is 3.33. The fourth-order valence-electron chi connectivity index (χ4n) is 2.27. The molecule has 0 aliphatic heterocycles. The van der Waals surface area contributed by atoms with Gasteiger partial charge in [-0.05, 0) is 30.3 Å². The van der Waals surface area contributed by atoms with E-state index in [1.54, 1.807) is 19.5 Å². The number of methoxy groups -OCH3 is 1. The minimum Gasteiger partial charge on any atom is -0.497 e. The number of ether oxygens (including phenoxy) is 1. The fraction of sp³-hybridized carbons (Fsp3) is 0.118. The molecule has 1 aromatic carbocycles. The monoisotopic (exact) mass is 335 g/mol. The number of hydrogen-bond donors (Lipinski definition) is 0. The van der Waals surface area contributed by atoms with E-state index < -0.39 is 0 Å². The van der Waals surface area contributed by atoms with Crippen LogP contribution in [-0.2, 0) is 6.42 Å². The summed E-state index contributed by atoms with van der Waals surface area (Å²) >= 11 is 0. The Bertz CT molecular complexity index is 981. The number of hydrogen-bond acceptors (Lipinski definition) is 8. The van der Waals surface area contributed by atoms with Gasteiger partial charge in [-0.2, -0.15) is 4.98 Å². The maximum atomic E-state index is 5.67. The Kier molecular flexibility index (Phi) is 3.91. The quantitative estimate of drug-likeness (QED) is 0.549. The van der Waals surface area contributed by atoms with E-state index in [1.807, 2.05) is 36.4 Å². The third-order valence-electron chi connectivity index (χ3n) is 3.49. The lowest BCUT2D eigenvalue weighted by Gasteiger charge is -1.99. The standard InChI is InChI=1S/C17H13N5O3/c1-23-13-4-2-3-12(9-13)17-21-20-15(24-17)10-14-19-16(22-25-14)11-5-7-18-8-6-11/h2-9H,10H2,1H3. The number of benzene rings is 1. The highest BCUT2D eigenvalue weighted by atomic mass is 16.5. The number of rotatable bonds is 5. The predicted molar refractivity (Wildman–Crippen MR) is 86.6 cm³/mol. The maximum absolute atomic E-state index is 5.67. The van der Waals surface area contributed by atoms with Gasteiger partial charge >= 0.3 is 0 Å². The van der Waals surface area contributed by atoms with Crippen LogP contribution in [0.2, 0.25) is 0 Å². The van der Waals surface area contributed by atoms with E-state index in [-0.39, 0.29) is 6.42 Å². The van der Waals surface area contributed by atoms with Crippen LogP contribution in [0, 0.1) is 0 Å². The molecule has 8 heteroatoms. The maximum Gasteiger partial charge on any atom is 0.247 e. The molecule has 3 aromatic heterocycles. The van der Waals surface area contributed by atoms with Crippen LogP contribution in [0.15, 0.2) is 57.7 Å². The minimum atomic E-state index is 0.259. The molecule has 0 saturated carbocycles. The van der Waals surface area contributed by atoms with E-state index in [0.717, 1.165) is 16.9 Å². The van der Waals surface area contributed by atoms with Gasteiger partial charge in [0.15, 0.2) is 0 Å². The summed E-state index contributed by atoms with van der Waals surface area (Å²) in [7, 11) is 1.61. The van der Waals surface area contributed by atoms with Crippen LogP contribution in [0.25, 0.3) is 22.8 Å². The first kappa shape index (κ1) is 15.0. The molecule has 124 valence electrons. The van der Waals surface area contributed by atoms with E-state index in [4.69, 9.17) is 13.7 Å². The molecule has 0 amide bonds. The minimum absolute atomic E-state index is 0.259. The lowest BCUT2D eigenvalue weighted by atomic mass is 10.2. The van der Waals surface area contributed by atoms with Crippen LogP contribution in [0.3, 0.4) is 0 Å². The summed E-state index contributed by atoms with van der Waals surface area (Å²) in [6, 6.07) is 11.0. The Balaban J connectivity index is 1.53. The van der Waals surface area contributed by atoms with Gasteiger partial charge in [0.05, 0.1) is 7.11 Å². The topological polar surface area (TPSA) is 100.0 Å². The van der Waals surface area contributed by atoms with Crippen LogP contribution in [0.1, 0.15) is 11.8 Å². The molecular weight excluding hydrogens is 322 g/mol. The molecule has 0 radical (unpaired) electrons. The van der Waals surface area contributed by atoms with Crippen molar-refractivity contribution in [2.45, 2.75) is 6.42 Å². The molecule has 3 heterocycles. The van der Waals surface area contributed by atoms with Crippen molar-refractivity contribution in [3.63, 3.8) is 0 Å². The van der Waals surface area contributed by atoms with E-state index in [2.05, 4.69) is 25.3 Å². The lowest BCUT2D eigenvalue weighted by Crippen LogP contribution is -1.89. The van der Waals surface area contributed by atoms with Gasteiger partial charge in [-0.1, -0.05) is 11.2 Å². The van der Waals surface area contributed by atoms with Crippen LogP contribution in [0.5, 0.6) is 5.75 Å². The van der Waals surface area contributed by atoms with Gasteiger partial charge in [0.25, 0.3) is 0 Å². The van der Waals surface area contributed by atoms with Gasteiger partial charge in [0.1, 0.15) is 12.2 Å². The van der Waals surface area contributed by atoms with Crippen molar-refractivity contribution < 1.29 is 13.7 Å². The van der Waals surface area contributed by atoms with Crippen molar-refractivity contribution in [2.24, 2.45) is 0 Å². The lowest BCUT2D eigenvalue weighted by molar-refractivity contribution is 0.374. The third-order valence-corrected chi connectivity index (χ3v) is 3.49. The Labute approximate surface area is 142 Å². The van der Waals surface area contributed by atoms with Crippen molar-refractivity contribution in [2.75, 3.05) is 7.11 Å². The predicted octanol–water partition coefficient (Wildman–Crippen LogP) is 2.78. The van der Waals surface area contributed by atoms with Crippen molar-refractivity contribution in [3.8, 4) is 28.6 Å². The molecule has 8 nitrogen and oxygen atoms in total. The zero-order chi connectivity index (χ0) is 17.1. The van der Waals surface area contributed by atoms with Crippen molar-refractivity contribution >= 4 is 0 Å². The summed E-state index contributed by atoms with van der Waals surface area (Å²) in [5, 5.41) is 12.0. The highest BCUT2D eigenvalue weighted by molar-refractivity contribution is 5.55. The van der Waals surface area contributed by atoms with Crippen molar-refractivity contribution in [3.05, 3.63) is 60.6 Å². The Morgan fingerprint density at radius 3 is 2.72 bits per heavy atom. The summed E-state index contributed by atoms with van der Waals surface area (Å²) in [5.41, 5.74) is 1.61. The highest BCUT2D eigenvalue weighted by Crippen LogP contribution is 2.23. The Morgan fingerprint density at radius 2 is 1.88 bits per heavy atom. The van der Waals surface area contributed by atoms with Gasteiger partial charge in [-0.3, -0.25) is 4.98 Å². The summed E-state index contributed by atoms with van der Waals surface area (Å²) < 4.78 is 16.1. The molecule has 4 aromatic rings. The Morgan fingerprint density at radius 1 is 1.00 bits per heavy atom. The van der Waals surface area contributed by atoms with Gasteiger partial charge in [0.2, 0.25) is 23.5 Å². The van der Waals surface area contributed by atoms with Crippen LogP contribution in [-0.4, -0.2) is 32.4 Å². The molecule has 0 bridgehead atoms. The highest BCUT2D eigenvalue weighted by Gasteiger charge is 2.14. The first-order chi connectivity index (χ1) is 12.3. The van der Waals surface area contributed by atoms with E-state index in [9.17, 15) is 0 Å². The van der Waals surface area contributed by atoms with Gasteiger partial charge < -0.3 is 13.7 Å². The second kappa shape index (κ2) is 6.52.